The Kier molecular flexibility index (Phi) is 2.82. The number of aromatic amines is 1. The highest BCUT2D eigenvalue weighted by Gasteiger charge is 2.21. The maximum absolute atomic E-state index is 11.8. The zero-order valence-electron chi connectivity index (χ0n) is 11.3. The fraction of sp³-hybridized carbons (Fsp3) is 0.538. The van der Waals surface area contributed by atoms with E-state index in [4.69, 9.17) is 5.73 Å². The number of nitrogens with two attached hydrogens (primary N) is 1. The molecule has 19 heavy (non-hydrogen) atoms. The number of aryl methyl sites for hydroxylation is 2. The van der Waals surface area contributed by atoms with Gasteiger partial charge in [-0.3, -0.25) is 4.57 Å². The summed E-state index contributed by atoms with van der Waals surface area (Å²) in [6, 6.07) is 2.23. The van der Waals surface area contributed by atoms with Crippen molar-refractivity contribution in [1.29, 1.82) is 0 Å². The largest absolute Gasteiger partial charge is 0.368 e. The number of nitrogens with zero attached hydrogens (tertiary/aromatic N) is 3. The van der Waals surface area contributed by atoms with Gasteiger partial charge in [0, 0.05) is 31.9 Å². The molecule has 0 unspecified atom stereocenters. The van der Waals surface area contributed by atoms with Gasteiger partial charge in [-0.05, 0) is 25.8 Å². The van der Waals surface area contributed by atoms with Crippen LogP contribution < -0.4 is 16.3 Å². The summed E-state index contributed by atoms with van der Waals surface area (Å²) < 4.78 is 1.55. The Morgan fingerprint density at radius 2 is 2.32 bits per heavy atom. The van der Waals surface area contributed by atoms with Gasteiger partial charge in [0.1, 0.15) is 5.52 Å². The maximum Gasteiger partial charge on any atom is 0.327 e. The molecule has 3 heterocycles. The third-order valence-electron chi connectivity index (χ3n) is 3.76. The van der Waals surface area contributed by atoms with Crippen molar-refractivity contribution in [3.8, 4) is 0 Å². The molecule has 0 amide bonds. The molecule has 0 spiro atoms. The second-order valence-electron chi connectivity index (χ2n) is 5.32. The van der Waals surface area contributed by atoms with Gasteiger partial charge in [-0.15, -0.1) is 0 Å². The highest BCUT2D eigenvalue weighted by molar-refractivity contribution is 5.86. The number of fused-ring (bicyclic) bond motifs is 1. The molecule has 2 aromatic heterocycles. The van der Waals surface area contributed by atoms with Crippen LogP contribution in [0.25, 0.3) is 11.2 Å². The van der Waals surface area contributed by atoms with Crippen molar-refractivity contribution in [2.45, 2.75) is 25.8 Å². The summed E-state index contributed by atoms with van der Waals surface area (Å²) >= 11 is 0. The Morgan fingerprint density at radius 3 is 3.05 bits per heavy atom. The van der Waals surface area contributed by atoms with E-state index in [0.717, 1.165) is 42.8 Å². The summed E-state index contributed by atoms with van der Waals surface area (Å²) in [4.78, 5) is 21.4. The average molecular weight is 261 g/mol. The van der Waals surface area contributed by atoms with Crippen LogP contribution in [0.15, 0.2) is 10.9 Å². The van der Waals surface area contributed by atoms with Crippen LogP contribution >= 0.6 is 0 Å². The molecule has 3 rings (SSSR count). The van der Waals surface area contributed by atoms with Gasteiger partial charge in [-0.2, -0.15) is 0 Å². The summed E-state index contributed by atoms with van der Waals surface area (Å²) in [5.74, 6) is 0. The number of nitrogens with one attached hydrogen (secondary N) is 1. The molecule has 1 aliphatic heterocycles. The molecule has 1 fully saturated rings. The van der Waals surface area contributed by atoms with Crippen molar-refractivity contribution in [3.63, 3.8) is 0 Å². The van der Waals surface area contributed by atoms with Gasteiger partial charge >= 0.3 is 5.69 Å². The first-order valence-corrected chi connectivity index (χ1v) is 6.63. The number of piperidine rings is 1. The quantitative estimate of drug-likeness (QED) is 0.783. The van der Waals surface area contributed by atoms with Gasteiger partial charge in [0.25, 0.3) is 0 Å². The lowest BCUT2D eigenvalue weighted by molar-refractivity contribution is 0.506. The van der Waals surface area contributed by atoms with Gasteiger partial charge in [0.05, 0.1) is 5.69 Å². The van der Waals surface area contributed by atoms with E-state index in [2.05, 4.69) is 14.9 Å². The van der Waals surface area contributed by atoms with E-state index in [1.54, 1.807) is 11.6 Å². The lowest BCUT2D eigenvalue weighted by Crippen LogP contribution is -2.43. The second-order valence-corrected chi connectivity index (χ2v) is 5.32. The zero-order chi connectivity index (χ0) is 13.6. The van der Waals surface area contributed by atoms with E-state index in [1.807, 2.05) is 13.0 Å². The van der Waals surface area contributed by atoms with Gasteiger partial charge in [0.15, 0.2) is 5.65 Å². The summed E-state index contributed by atoms with van der Waals surface area (Å²) in [7, 11) is 1.74. The minimum absolute atomic E-state index is 0.129. The number of imidazole rings is 1. The molecule has 3 N–H and O–H groups in total. The Hall–Kier alpha value is -1.82. The van der Waals surface area contributed by atoms with Gasteiger partial charge in [-0.25, -0.2) is 9.78 Å². The third-order valence-corrected chi connectivity index (χ3v) is 3.76. The molecular weight excluding hydrogens is 242 g/mol. The molecule has 1 atom stereocenters. The summed E-state index contributed by atoms with van der Waals surface area (Å²) in [6.45, 7) is 3.75. The molecule has 0 bridgehead atoms. The molecule has 0 saturated carbocycles. The molecule has 6 nitrogen and oxygen atoms in total. The molecule has 0 radical (unpaired) electrons. The minimum Gasteiger partial charge on any atom is -0.368 e. The number of anilines is 1. The molecular formula is C13H19N5O. The molecule has 1 aliphatic rings. The number of H-pyrrole nitrogens is 1. The predicted octanol–water partition coefficient (Wildman–Crippen LogP) is 0.498. The Bertz CT molecular complexity index is 671. The second kappa shape index (κ2) is 4.38. The topological polar surface area (TPSA) is 79.9 Å². The third kappa shape index (κ3) is 2.02. The number of hydrogen-bond donors (Lipinski definition) is 2. The minimum atomic E-state index is -0.129. The maximum atomic E-state index is 11.8. The van der Waals surface area contributed by atoms with Gasteiger partial charge < -0.3 is 15.6 Å². The normalized spacial score (nSPS) is 20.2. The van der Waals surface area contributed by atoms with Crippen LogP contribution in [0.3, 0.4) is 0 Å². The monoisotopic (exact) mass is 261 g/mol. The van der Waals surface area contributed by atoms with Crippen LogP contribution in [0.2, 0.25) is 0 Å². The summed E-state index contributed by atoms with van der Waals surface area (Å²) in [6.07, 6.45) is 2.15. The van der Waals surface area contributed by atoms with Crippen molar-refractivity contribution < 1.29 is 0 Å². The molecule has 2 aromatic rings. The van der Waals surface area contributed by atoms with Crippen molar-refractivity contribution in [2.75, 3.05) is 18.0 Å². The van der Waals surface area contributed by atoms with Crippen LogP contribution in [0.1, 0.15) is 18.5 Å². The average Bonchev–Trinajstić information content (AvgIpc) is 2.65. The first kappa shape index (κ1) is 12.2. The van der Waals surface area contributed by atoms with Crippen LogP contribution in [0, 0.1) is 6.92 Å². The lowest BCUT2D eigenvalue weighted by Gasteiger charge is -2.32. The number of aromatic nitrogens is 3. The van der Waals surface area contributed by atoms with E-state index < -0.39 is 0 Å². The Morgan fingerprint density at radius 1 is 1.53 bits per heavy atom. The SMILES string of the molecule is Cc1cc(N2CCC[C@@H](N)C2)c2[nH]c(=O)n(C)c2n1. The first-order valence-electron chi connectivity index (χ1n) is 6.63. The van der Waals surface area contributed by atoms with Gasteiger partial charge in [0.2, 0.25) is 0 Å². The Balaban J connectivity index is 2.17. The van der Waals surface area contributed by atoms with Crippen molar-refractivity contribution in [2.24, 2.45) is 12.8 Å². The van der Waals surface area contributed by atoms with Crippen LogP contribution in [0.5, 0.6) is 0 Å². The lowest BCUT2D eigenvalue weighted by atomic mass is 10.1. The zero-order valence-corrected chi connectivity index (χ0v) is 11.3. The fourth-order valence-corrected chi connectivity index (χ4v) is 2.77. The number of hydrogen-bond acceptors (Lipinski definition) is 4. The first-order chi connectivity index (χ1) is 9.06. The van der Waals surface area contributed by atoms with E-state index in [9.17, 15) is 4.79 Å². The van der Waals surface area contributed by atoms with Crippen LogP contribution in [-0.4, -0.2) is 33.7 Å². The van der Waals surface area contributed by atoms with Gasteiger partial charge in [-0.1, -0.05) is 0 Å². The molecule has 0 aliphatic carbocycles. The highest BCUT2D eigenvalue weighted by atomic mass is 16.1. The molecule has 1 saturated heterocycles. The standard InChI is InChI=1S/C13H19N5O/c1-8-6-10(18-5-3-4-9(14)7-18)11-12(15-8)17(2)13(19)16-11/h6,9H,3-5,7,14H2,1-2H3,(H,16,19)/t9-/m1/s1. The van der Waals surface area contributed by atoms with Crippen molar-refractivity contribution in [3.05, 3.63) is 22.2 Å². The fourth-order valence-electron chi connectivity index (χ4n) is 2.77. The van der Waals surface area contributed by atoms with E-state index in [1.165, 1.54) is 0 Å². The number of rotatable bonds is 1. The molecule has 0 aromatic carbocycles. The van der Waals surface area contributed by atoms with E-state index >= 15 is 0 Å². The molecule has 6 heteroatoms. The van der Waals surface area contributed by atoms with Crippen LogP contribution in [-0.2, 0) is 7.05 Å². The summed E-state index contributed by atoms with van der Waals surface area (Å²) in [5, 5.41) is 0. The van der Waals surface area contributed by atoms with Crippen LogP contribution in [0.4, 0.5) is 5.69 Å². The highest BCUT2D eigenvalue weighted by Crippen LogP contribution is 2.26. The van der Waals surface area contributed by atoms with Crippen molar-refractivity contribution in [1.82, 2.24) is 14.5 Å². The van der Waals surface area contributed by atoms with E-state index in [-0.39, 0.29) is 11.7 Å². The van der Waals surface area contributed by atoms with Crippen molar-refractivity contribution >= 4 is 16.9 Å². The molecule has 102 valence electrons. The predicted molar refractivity (Wildman–Crippen MR) is 75.5 cm³/mol. The number of pyridine rings is 1. The summed E-state index contributed by atoms with van der Waals surface area (Å²) in [5.41, 5.74) is 9.39. The smallest absolute Gasteiger partial charge is 0.327 e. The Labute approximate surface area is 111 Å². The van der Waals surface area contributed by atoms with E-state index in [0.29, 0.717) is 5.65 Å².